The van der Waals surface area contributed by atoms with Gasteiger partial charge in [0, 0.05) is 10.2 Å². The van der Waals surface area contributed by atoms with E-state index in [1.807, 2.05) is 24.3 Å². The quantitative estimate of drug-likeness (QED) is 0.764. The van der Waals surface area contributed by atoms with E-state index < -0.39 is 0 Å². The van der Waals surface area contributed by atoms with E-state index >= 15 is 0 Å². The molecule has 0 saturated heterocycles. The van der Waals surface area contributed by atoms with Crippen LogP contribution in [0, 0.1) is 0 Å². The van der Waals surface area contributed by atoms with Crippen molar-refractivity contribution < 1.29 is 0 Å². The molecule has 1 heterocycles. The van der Waals surface area contributed by atoms with Crippen molar-refractivity contribution in [1.29, 1.82) is 0 Å². The van der Waals surface area contributed by atoms with Crippen molar-refractivity contribution in [1.82, 2.24) is 15.2 Å². The molecule has 0 aliphatic heterocycles. The number of aromatic amines is 1. The molecule has 14 heavy (non-hydrogen) atoms. The van der Waals surface area contributed by atoms with Crippen molar-refractivity contribution in [3.05, 3.63) is 28.7 Å². The molecule has 6 heteroatoms. The predicted octanol–water partition coefficient (Wildman–Crippen LogP) is 1.89. The summed E-state index contributed by atoms with van der Waals surface area (Å²) >= 11 is 3.37. The molecule has 1 aromatic heterocycles. The third-order valence-electron chi connectivity index (χ3n) is 1.58. The molecule has 0 saturated carbocycles. The number of hydrogen-bond acceptors (Lipinski definition) is 4. The first-order valence-corrected chi connectivity index (χ1v) is 4.74. The van der Waals surface area contributed by atoms with Crippen LogP contribution in [0.1, 0.15) is 0 Å². The van der Waals surface area contributed by atoms with Crippen LogP contribution in [0.15, 0.2) is 28.7 Å². The molecule has 0 bridgehead atoms. The van der Waals surface area contributed by atoms with Gasteiger partial charge in [0.05, 0.1) is 0 Å². The lowest BCUT2D eigenvalue weighted by molar-refractivity contribution is 1.10. The Labute approximate surface area is 88.9 Å². The Morgan fingerprint density at radius 3 is 2.93 bits per heavy atom. The molecule has 0 radical (unpaired) electrons. The zero-order chi connectivity index (χ0) is 9.97. The summed E-state index contributed by atoms with van der Waals surface area (Å²) in [6.07, 6.45) is 0. The van der Waals surface area contributed by atoms with Crippen molar-refractivity contribution in [3.63, 3.8) is 0 Å². The van der Waals surface area contributed by atoms with Crippen LogP contribution in [0.4, 0.5) is 17.6 Å². The highest BCUT2D eigenvalue weighted by Crippen LogP contribution is 2.18. The van der Waals surface area contributed by atoms with Gasteiger partial charge in [-0.05, 0) is 18.2 Å². The minimum Gasteiger partial charge on any atom is -0.368 e. The largest absolute Gasteiger partial charge is 0.368 e. The first-order valence-electron chi connectivity index (χ1n) is 3.94. The molecule has 0 aliphatic carbocycles. The van der Waals surface area contributed by atoms with Crippen LogP contribution < -0.4 is 11.1 Å². The molecule has 1 aromatic carbocycles. The van der Waals surface area contributed by atoms with Gasteiger partial charge in [-0.3, -0.25) is 0 Å². The van der Waals surface area contributed by atoms with E-state index in [-0.39, 0.29) is 0 Å². The summed E-state index contributed by atoms with van der Waals surface area (Å²) in [6.45, 7) is 0. The fourth-order valence-corrected chi connectivity index (χ4v) is 1.42. The highest BCUT2D eigenvalue weighted by Gasteiger charge is 1.99. The molecule has 0 fully saturated rings. The summed E-state index contributed by atoms with van der Waals surface area (Å²) in [4.78, 5) is 3.92. The fraction of sp³-hybridized carbons (Fsp3) is 0. The molecule has 0 aliphatic rings. The average molecular weight is 254 g/mol. The number of nitrogen functional groups attached to an aromatic ring is 1. The van der Waals surface area contributed by atoms with Gasteiger partial charge in [0.25, 0.3) is 0 Å². The highest BCUT2D eigenvalue weighted by atomic mass is 79.9. The Morgan fingerprint density at radius 2 is 2.29 bits per heavy atom. The lowest BCUT2D eigenvalue weighted by Crippen LogP contribution is -1.92. The van der Waals surface area contributed by atoms with E-state index in [0.29, 0.717) is 11.9 Å². The topological polar surface area (TPSA) is 79.6 Å². The van der Waals surface area contributed by atoms with Crippen molar-refractivity contribution >= 4 is 33.5 Å². The van der Waals surface area contributed by atoms with Crippen molar-refractivity contribution in [2.24, 2.45) is 0 Å². The van der Waals surface area contributed by atoms with E-state index in [0.717, 1.165) is 10.2 Å². The Kier molecular flexibility index (Phi) is 2.36. The molecular formula is C8H8BrN5. The van der Waals surface area contributed by atoms with Gasteiger partial charge < -0.3 is 11.1 Å². The number of benzene rings is 1. The molecule has 4 N–H and O–H groups in total. The first-order chi connectivity index (χ1) is 6.74. The van der Waals surface area contributed by atoms with E-state index in [1.165, 1.54) is 0 Å². The van der Waals surface area contributed by atoms with Gasteiger partial charge >= 0.3 is 0 Å². The van der Waals surface area contributed by atoms with Crippen LogP contribution >= 0.6 is 15.9 Å². The molecule has 0 amide bonds. The summed E-state index contributed by atoms with van der Waals surface area (Å²) in [5.74, 6) is 0.753. The average Bonchev–Trinajstić information content (AvgIpc) is 2.51. The molecule has 2 aromatic rings. The number of H-pyrrole nitrogens is 1. The number of nitrogens with two attached hydrogens (primary N) is 1. The number of halogens is 1. The maximum Gasteiger partial charge on any atom is 0.248 e. The summed E-state index contributed by atoms with van der Waals surface area (Å²) in [5, 5.41) is 9.40. The zero-order valence-electron chi connectivity index (χ0n) is 7.16. The normalized spacial score (nSPS) is 10.1. The summed E-state index contributed by atoms with van der Waals surface area (Å²) < 4.78 is 0.992. The second kappa shape index (κ2) is 3.67. The van der Waals surface area contributed by atoms with E-state index in [1.54, 1.807) is 0 Å². The Bertz CT molecular complexity index is 439. The lowest BCUT2D eigenvalue weighted by atomic mass is 10.3. The third-order valence-corrected chi connectivity index (χ3v) is 2.08. The minimum atomic E-state index is 0.294. The Morgan fingerprint density at radius 1 is 1.43 bits per heavy atom. The molecule has 0 unspecified atom stereocenters. The van der Waals surface area contributed by atoms with Gasteiger partial charge in [-0.15, -0.1) is 5.10 Å². The Hall–Kier alpha value is -1.56. The van der Waals surface area contributed by atoms with E-state index in [9.17, 15) is 0 Å². The van der Waals surface area contributed by atoms with Gasteiger partial charge in [-0.1, -0.05) is 22.0 Å². The van der Waals surface area contributed by atoms with Gasteiger partial charge in [0.15, 0.2) is 0 Å². The molecule has 2 rings (SSSR count). The first kappa shape index (κ1) is 9.01. The van der Waals surface area contributed by atoms with Crippen LogP contribution in [-0.4, -0.2) is 15.2 Å². The number of hydrogen-bond donors (Lipinski definition) is 3. The van der Waals surface area contributed by atoms with Gasteiger partial charge in [-0.25, -0.2) is 5.10 Å². The van der Waals surface area contributed by atoms with Gasteiger partial charge in [0.2, 0.25) is 11.9 Å². The summed E-state index contributed by atoms with van der Waals surface area (Å²) in [7, 11) is 0. The third kappa shape index (κ3) is 2.02. The summed E-state index contributed by atoms with van der Waals surface area (Å²) in [5.41, 5.74) is 6.28. The minimum absolute atomic E-state index is 0.294. The standard InChI is InChI=1S/C8H8BrN5/c9-5-2-1-3-6(4-5)11-8-12-7(10)13-14-8/h1-4H,(H4,10,11,12,13,14). The van der Waals surface area contributed by atoms with Crippen LogP contribution in [0.25, 0.3) is 0 Å². The van der Waals surface area contributed by atoms with Crippen LogP contribution in [0.2, 0.25) is 0 Å². The monoisotopic (exact) mass is 253 g/mol. The second-order valence-electron chi connectivity index (χ2n) is 2.68. The van der Waals surface area contributed by atoms with E-state index in [4.69, 9.17) is 5.73 Å². The molecule has 0 spiro atoms. The van der Waals surface area contributed by atoms with Crippen molar-refractivity contribution in [2.45, 2.75) is 0 Å². The van der Waals surface area contributed by atoms with Crippen molar-refractivity contribution in [3.8, 4) is 0 Å². The van der Waals surface area contributed by atoms with E-state index in [2.05, 4.69) is 36.4 Å². The van der Waals surface area contributed by atoms with Crippen LogP contribution in [-0.2, 0) is 0 Å². The number of nitrogens with one attached hydrogen (secondary N) is 2. The number of rotatable bonds is 2. The molecule has 0 atom stereocenters. The van der Waals surface area contributed by atoms with Crippen LogP contribution in [0.3, 0.4) is 0 Å². The Balaban J connectivity index is 2.18. The second-order valence-corrected chi connectivity index (χ2v) is 3.60. The summed E-state index contributed by atoms with van der Waals surface area (Å²) in [6, 6.07) is 7.70. The van der Waals surface area contributed by atoms with Gasteiger partial charge in [0.1, 0.15) is 0 Å². The lowest BCUT2D eigenvalue weighted by Gasteiger charge is -2.00. The van der Waals surface area contributed by atoms with Crippen molar-refractivity contribution in [2.75, 3.05) is 11.1 Å². The molecule has 5 nitrogen and oxygen atoms in total. The maximum atomic E-state index is 5.38. The predicted molar refractivity (Wildman–Crippen MR) is 58.2 cm³/mol. The maximum absolute atomic E-state index is 5.38. The fourth-order valence-electron chi connectivity index (χ4n) is 1.03. The zero-order valence-corrected chi connectivity index (χ0v) is 8.75. The molecular weight excluding hydrogens is 246 g/mol. The number of aromatic nitrogens is 3. The van der Waals surface area contributed by atoms with Crippen LogP contribution in [0.5, 0.6) is 0 Å². The molecule has 72 valence electrons. The highest BCUT2D eigenvalue weighted by molar-refractivity contribution is 9.10. The number of anilines is 3. The van der Waals surface area contributed by atoms with Gasteiger partial charge in [-0.2, -0.15) is 4.98 Å². The smallest absolute Gasteiger partial charge is 0.248 e. The number of nitrogens with zero attached hydrogens (tertiary/aromatic N) is 2. The SMILES string of the molecule is Nc1nc(Nc2cccc(Br)c2)n[nH]1.